The quantitative estimate of drug-likeness (QED) is 0.659. The van der Waals surface area contributed by atoms with Crippen molar-refractivity contribution in [3.8, 4) is 0 Å². The highest BCUT2D eigenvalue weighted by molar-refractivity contribution is 5.40. The summed E-state index contributed by atoms with van der Waals surface area (Å²) in [6.07, 6.45) is 1.60. The minimum absolute atomic E-state index is 0.517. The minimum Gasteiger partial charge on any atom is -0.386 e. The fraction of sp³-hybridized carbons (Fsp3) is 0.444. The van der Waals surface area contributed by atoms with Gasteiger partial charge in [0, 0.05) is 11.8 Å². The first-order valence-corrected chi connectivity index (χ1v) is 3.86. The van der Waals surface area contributed by atoms with Crippen LogP contribution in [0.4, 0.5) is 5.82 Å². The summed E-state index contributed by atoms with van der Waals surface area (Å²) in [6.45, 7) is 5.32. The molecule has 3 N–H and O–H groups in total. The van der Waals surface area contributed by atoms with Crippen LogP contribution in [0.1, 0.15) is 25.0 Å². The van der Waals surface area contributed by atoms with Crippen molar-refractivity contribution in [2.75, 3.05) is 5.73 Å². The van der Waals surface area contributed by atoms with Crippen molar-refractivity contribution in [2.24, 2.45) is 0 Å². The Morgan fingerprint density at radius 3 is 2.50 bits per heavy atom. The number of aryl methyl sites for hydroxylation is 1. The normalized spacial score (nSPS) is 11.7. The van der Waals surface area contributed by atoms with Gasteiger partial charge >= 0.3 is 0 Å². The summed E-state index contributed by atoms with van der Waals surface area (Å²) >= 11 is 0. The second kappa shape index (κ2) is 2.75. The molecule has 3 nitrogen and oxygen atoms in total. The van der Waals surface area contributed by atoms with Gasteiger partial charge in [-0.05, 0) is 32.4 Å². The van der Waals surface area contributed by atoms with Gasteiger partial charge in [-0.3, -0.25) is 0 Å². The van der Waals surface area contributed by atoms with E-state index >= 15 is 0 Å². The van der Waals surface area contributed by atoms with Crippen molar-refractivity contribution in [3.05, 3.63) is 23.4 Å². The van der Waals surface area contributed by atoms with Crippen LogP contribution in [0.3, 0.4) is 0 Å². The van der Waals surface area contributed by atoms with Crippen molar-refractivity contribution >= 4 is 5.82 Å². The molecule has 0 radical (unpaired) electrons. The van der Waals surface area contributed by atoms with Crippen LogP contribution in [0.25, 0.3) is 0 Å². The van der Waals surface area contributed by atoms with Gasteiger partial charge in [0.1, 0.15) is 5.82 Å². The Kier molecular flexibility index (Phi) is 2.06. The average molecular weight is 166 g/mol. The van der Waals surface area contributed by atoms with Crippen molar-refractivity contribution in [2.45, 2.75) is 26.4 Å². The highest BCUT2D eigenvalue weighted by atomic mass is 16.3. The van der Waals surface area contributed by atoms with Crippen LogP contribution < -0.4 is 5.73 Å². The van der Waals surface area contributed by atoms with Gasteiger partial charge in [-0.15, -0.1) is 0 Å². The largest absolute Gasteiger partial charge is 0.386 e. The summed E-state index contributed by atoms with van der Waals surface area (Å²) in [5.74, 6) is 0.517. The molecule has 1 rings (SSSR count). The zero-order valence-electron chi connectivity index (χ0n) is 7.63. The summed E-state index contributed by atoms with van der Waals surface area (Å²) in [5.41, 5.74) is 6.38. The molecular formula is C9H14N2O. The monoisotopic (exact) mass is 166 g/mol. The second-order valence-electron chi connectivity index (χ2n) is 3.49. The Labute approximate surface area is 72.2 Å². The van der Waals surface area contributed by atoms with Gasteiger partial charge in [0.2, 0.25) is 0 Å². The Morgan fingerprint density at radius 1 is 1.50 bits per heavy atom. The number of aromatic nitrogens is 1. The zero-order valence-corrected chi connectivity index (χ0v) is 7.63. The van der Waals surface area contributed by atoms with Gasteiger partial charge < -0.3 is 10.8 Å². The number of nitrogens with zero attached hydrogens (tertiary/aromatic N) is 1. The molecule has 0 atom stereocenters. The summed E-state index contributed by atoms with van der Waals surface area (Å²) in [7, 11) is 0. The zero-order chi connectivity index (χ0) is 9.35. The molecule has 0 bridgehead atoms. The van der Waals surface area contributed by atoms with Crippen molar-refractivity contribution in [1.82, 2.24) is 4.98 Å². The average Bonchev–Trinajstić information content (AvgIpc) is 1.92. The Balaban J connectivity index is 3.14. The van der Waals surface area contributed by atoms with E-state index in [1.807, 2.05) is 13.0 Å². The summed E-state index contributed by atoms with van der Waals surface area (Å²) in [6, 6.07) is 1.85. The Morgan fingerprint density at radius 2 is 2.08 bits per heavy atom. The molecule has 0 aliphatic rings. The van der Waals surface area contributed by atoms with Gasteiger partial charge in [0.05, 0.1) is 5.60 Å². The number of rotatable bonds is 1. The van der Waals surface area contributed by atoms with Crippen molar-refractivity contribution < 1.29 is 5.11 Å². The third-order valence-corrected chi connectivity index (χ3v) is 1.83. The number of nitrogen functional groups attached to an aromatic ring is 1. The van der Waals surface area contributed by atoms with E-state index < -0.39 is 5.60 Å². The number of aliphatic hydroxyl groups is 1. The fourth-order valence-electron chi connectivity index (χ4n) is 0.920. The molecule has 0 saturated carbocycles. The standard InChI is InChI=1S/C9H14N2O/c1-6-4-7(9(2,3)12)5-11-8(6)10/h4-5,12H,1-3H3,(H2,10,11). The molecule has 0 amide bonds. The van der Waals surface area contributed by atoms with Crippen LogP contribution in [-0.4, -0.2) is 10.1 Å². The number of hydrogen-bond acceptors (Lipinski definition) is 3. The maximum absolute atomic E-state index is 9.62. The van der Waals surface area contributed by atoms with Crippen LogP contribution in [0.15, 0.2) is 12.3 Å². The van der Waals surface area contributed by atoms with E-state index in [4.69, 9.17) is 5.73 Å². The second-order valence-corrected chi connectivity index (χ2v) is 3.49. The molecule has 0 unspecified atom stereocenters. The molecule has 0 aromatic carbocycles. The highest BCUT2D eigenvalue weighted by Crippen LogP contribution is 2.20. The van der Waals surface area contributed by atoms with E-state index in [2.05, 4.69) is 4.98 Å². The third-order valence-electron chi connectivity index (χ3n) is 1.83. The smallest absolute Gasteiger partial charge is 0.126 e. The molecular weight excluding hydrogens is 152 g/mol. The van der Waals surface area contributed by atoms with Gasteiger partial charge in [0.25, 0.3) is 0 Å². The van der Waals surface area contributed by atoms with Crippen LogP contribution in [0, 0.1) is 6.92 Å². The lowest BCUT2D eigenvalue weighted by atomic mass is 9.99. The maximum atomic E-state index is 9.62. The summed E-state index contributed by atoms with van der Waals surface area (Å²) in [5, 5.41) is 9.62. The molecule has 3 heteroatoms. The number of anilines is 1. The third kappa shape index (κ3) is 1.74. The van der Waals surface area contributed by atoms with Gasteiger partial charge in [0.15, 0.2) is 0 Å². The number of hydrogen-bond donors (Lipinski definition) is 2. The topological polar surface area (TPSA) is 59.1 Å². The summed E-state index contributed by atoms with van der Waals surface area (Å²) < 4.78 is 0. The Hall–Kier alpha value is -1.09. The molecule has 66 valence electrons. The predicted molar refractivity (Wildman–Crippen MR) is 48.6 cm³/mol. The van der Waals surface area contributed by atoms with Gasteiger partial charge in [-0.25, -0.2) is 4.98 Å². The lowest BCUT2D eigenvalue weighted by Gasteiger charge is -2.17. The van der Waals surface area contributed by atoms with E-state index in [9.17, 15) is 5.11 Å². The van der Waals surface area contributed by atoms with Gasteiger partial charge in [-0.1, -0.05) is 0 Å². The first-order valence-electron chi connectivity index (χ1n) is 3.86. The van der Waals surface area contributed by atoms with Gasteiger partial charge in [-0.2, -0.15) is 0 Å². The van der Waals surface area contributed by atoms with E-state index in [0.717, 1.165) is 11.1 Å². The van der Waals surface area contributed by atoms with E-state index in [1.165, 1.54) is 0 Å². The Bertz CT molecular complexity index is 289. The summed E-state index contributed by atoms with van der Waals surface area (Å²) in [4.78, 5) is 3.96. The molecule has 1 aromatic rings. The van der Waals surface area contributed by atoms with E-state index in [-0.39, 0.29) is 0 Å². The van der Waals surface area contributed by atoms with Crippen LogP contribution in [-0.2, 0) is 5.60 Å². The first kappa shape index (κ1) is 9.00. The molecule has 0 aliphatic carbocycles. The molecule has 1 aromatic heterocycles. The highest BCUT2D eigenvalue weighted by Gasteiger charge is 2.16. The predicted octanol–water partition coefficient (Wildman–Crippen LogP) is 1.20. The van der Waals surface area contributed by atoms with Crippen LogP contribution in [0.2, 0.25) is 0 Å². The van der Waals surface area contributed by atoms with Crippen molar-refractivity contribution in [1.29, 1.82) is 0 Å². The fourth-order valence-corrected chi connectivity index (χ4v) is 0.920. The van der Waals surface area contributed by atoms with Crippen LogP contribution in [0.5, 0.6) is 0 Å². The molecule has 0 spiro atoms. The molecule has 1 heterocycles. The molecule has 12 heavy (non-hydrogen) atoms. The van der Waals surface area contributed by atoms with E-state index in [0.29, 0.717) is 5.82 Å². The molecule has 0 aliphatic heterocycles. The first-order chi connectivity index (χ1) is 5.41. The van der Waals surface area contributed by atoms with Crippen molar-refractivity contribution in [3.63, 3.8) is 0 Å². The number of pyridine rings is 1. The number of nitrogens with two attached hydrogens (primary N) is 1. The minimum atomic E-state index is -0.842. The van der Waals surface area contributed by atoms with Crippen LogP contribution >= 0.6 is 0 Å². The molecule has 0 saturated heterocycles. The van der Waals surface area contributed by atoms with E-state index in [1.54, 1.807) is 20.0 Å². The maximum Gasteiger partial charge on any atom is 0.126 e. The lowest BCUT2D eigenvalue weighted by Crippen LogP contribution is -2.16. The SMILES string of the molecule is Cc1cc(C(C)(C)O)cnc1N. The molecule has 0 fully saturated rings. The lowest BCUT2D eigenvalue weighted by molar-refractivity contribution is 0.0782.